The molecular weight excluding hydrogens is 370 g/mol. The molecule has 1 unspecified atom stereocenters. The van der Waals surface area contributed by atoms with Crippen molar-refractivity contribution >= 4 is 59.1 Å². The lowest BCUT2D eigenvalue weighted by Gasteiger charge is -2.13. The van der Waals surface area contributed by atoms with E-state index in [1.165, 1.54) is 5.41 Å². The van der Waals surface area contributed by atoms with Crippen molar-refractivity contribution in [3.8, 4) is 0 Å². The van der Waals surface area contributed by atoms with Gasteiger partial charge in [-0.15, -0.1) is 0 Å². The standard InChI is InChI=1S/C7H9Br2NO3S2/c8-6(9)3-13-7(14)10-5-1-2-15(11,12)4-5/h1-2,5-6H,3-4H2,(H,10,14). The highest BCUT2D eigenvalue weighted by Gasteiger charge is 2.22. The lowest BCUT2D eigenvalue weighted by Crippen LogP contribution is -2.36. The molecule has 15 heavy (non-hydrogen) atoms. The third-order valence-corrected chi connectivity index (χ3v) is 3.73. The molecule has 1 N–H and O–H groups in total. The number of nitrogens with one attached hydrogen (secondary N) is 1. The minimum atomic E-state index is -3.05. The summed E-state index contributed by atoms with van der Waals surface area (Å²) in [7, 11) is -3.05. The molecule has 0 saturated carbocycles. The largest absolute Gasteiger partial charge is 0.469 e. The SMILES string of the molecule is O=S1(=O)C=CC(NC(=S)OCC(Br)Br)C1. The van der Waals surface area contributed by atoms with Crippen molar-refractivity contribution in [1.29, 1.82) is 0 Å². The van der Waals surface area contributed by atoms with E-state index in [9.17, 15) is 8.42 Å². The van der Waals surface area contributed by atoms with Crippen LogP contribution in [0.4, 0.5) is 0 Å². The highest BCUT2D eigenvalue weighted by Crippen LogP contribution is 2.10. The van der Waals surface area contributed by atoms with Gasteiger partial charge in [0.15, 0.2) is 9.84 Å². The second-order valence-electron chi connectivity index (χ2n) is 2.90. The van der Waals surface area contributed by atoms with Crippen molar-refractivity contribution in [3.63, 3.8) is 0 Å². The molecular formula is C7H9Br2NO3S2. The van der Waals surface area contributed by atoms with Gasteiger partial charge in [0.2, 0.25) is 0 Å². The maximum atomic E-state index is 11.1. The molecule has 1 heterocycles. The van der Waals surface area contributed by atoms with Crippen LogP contribution in [0.2, 0.25) is 0 Å². The molecule has 0 amide bonds. The molecule has 0 aromatic carbocycles. The van der Waals surface area contributed by atoms with Crippen LogP contribution in [-0.2, 0) is 14.6 Å². The zero-order valence-electron chi connectivity index (χ0n) is 7.52. The first-order chi connectivity index (χ1) is 6.89. The fraction of sp³-hybridized carbons (Fsp3) is 0.571. The summed E-state index contributed by atoms with van der Waals surface area (Å²) in [6.07, 6.45) is 1.56. The Kier molecular flexibility index (Phi) is 5.01. The van der Waals surface area contributed by atoms with E-state index in [1.807, 2.05) is 0 Å². The molecule has 0 aromatic rings. The van der Waals surface area contributed by atoms with Crippen LogP contribution in [0.5, 0.6) is 0 Å². The average Bonchev–Trinajstić information content (AvgIpc) is 2.42. The monoisotopic (exact) mass is 377 g/mol. The summed E-state index contributed by atoms with van der Waals surface area (Å²) in [6, 6.07) is -0.286. The number of ether oxygens (including phenoxy) is 1. The zero-order valence-corrected chi connectivity index (χ0v) is 12.3. The van der Waals surface area contributed by atoms with E-state index in [4.69, 9.17) is 17.0 Å². The first-order valence-electron chi connectivity index (χ1n) is 4.01. The zero-order chi connectivity index (χ0) is 11.5. The van der Waals surface area contributed by atoms with E-state index in [-0.39, 0.29) is 20.7 Å². The highest BCUT2D eigenvalue weighted by molar-refractivity contribution is 9.24. The predicted octanol–water partition coefficient (Wildman–Crippen LogP) is 1.30. The molecule has 1 rings (SSSR count). The molecule has 0 spiro atoms. The van der Waals surface area contributed by atoms with E-state index >= 15 is 0 Å². The highest BCUT2D eigenvalue weighted by atomic mass is 79.9. The summed E-state index contributed by atoms with van der Waals surface area (Å²) in [4.78, 5) is 0. The Bertz CT molecular complexity index is 366. The molecule has 0 bridgehead atoms. The van der Waals surface area contributed by atoms with E-state index in [0.29, 0.717) is 6.61 Å². The van der Waals surface area contributed by atoms with Crippen molar-refractivity contribution in [2.24, 2.45) is 0 Å². The van der Waals surface area contributed by atoms with Gasteiger partial charge >= 0.3 is 0 Å². The fourth-order valence-corrected chi connectivity index (χ4v) is 2.72. The van der Waals surface area contributed by atoms with Crippen molar-refractivity contribution in [2.45, 2.75) is 9.78 Å². The van der Waals surface area contributed by atoms with Gasteiger partial charge in [0, 0.05) is 5.41 Å². The van der Waals surface area contributed by atoms with Gasteiger partial charge in [0.05, 0.1) is 11.8 Å². The van der Waals surface area contributed by atoms with Gasteiger partial charge < -0.3 is 10.1 Å². The Morgan fingerprint density at radius 2 is 2.33 bits per heavy atom. The van der Waals surface area contributed by atoms with Crippen LogP contribution in [0.15, 0.2) is 11.5 Å². The van der Waals surface area contributed by atoms with Crippen molar-refractivity contribution in [1.82, 2.24) is 5.32 Å². The number of thiocarbonyl (C=S) groups is 1. The lowest BCUT2D eigenvalue weighted by atomic mass is 10.3. The maximum Gasteiger partial charge on any atom is 0.257 e. The van der Waals surface area contributed by atoms with E-state index in [1.54, 1.807) is 6.08 Å². The van der Waals surface area contributed by atoms with Crippen LogP contribution in [0.25, 0.3) is 0 Å². The first kappa shape index (κ1) is 13.4. The molecule has 0 aromatic heterocycles. The van der Waals surface area contributed by atoms with Crippen molar-refractivity contribution in [3.05, 3.63) is 11.5 Å². The second kappa shape index (κ2) is 5.60. The van der Waals surface area contributed by atoms with Crippen LogP contribution < -0.4 is 5.32 Å². The van der Waals surface area contributed by atoms with Crippen LogP contribution in [0, 0.1) is 0 Å². The smallest absolute Gasteiger partial charge is 0.257 e. The lowest BCUT2D eigenvalue weighted by molar-refractivity contribution is 0.318. The Morgan fingerprint density at radius 1 is 1.67 bits per heavy atom. The Morgan fingerprint density at radius 3 is 2.80 bits per heavy atom. The Balaban J connectivity index is 2.32. The van der Waals surface area contributed by atoms with Gasteiger partial charge in [0.1, 0.15) is 10.3 Å². The van der Waals surface area contributed by atoms with Gasteiger partial charge in [-0.2, -0.15) is 0 Å². The molecule has 1 atom stereocenters. The predicted molar refractivity (Wildman–Crippen MR) is 70.0 cm³/mol. The average molecular weight is 379 g/mol. The number of hydrogen-bond acceptors (Lipinski definition) is 4. The molecule has 8 heteroatoms. The summed E-state index contributed by atoms with van der Waals surface area (Å²) in [6.45, 7) is 0.370. The van der Waals surface area contributed by atoms with Crippen LogP contribution in [0.1, 0.15) is 0 Å². The summed E-state index contributed by atoms with van der Waals surface area (Å²) >= 11 is 11.3. The van der Waals surface area contributed by atoms with Crippen molar-refractivity contribution in [2.75, 3.05) is 12.4 Å². The quantitative estimate of drug-likeness (QED) is 0.592. The van der Waals surface area contributed by atoms with Gasteiger partial charge in [-0.3, -0.25) is 0 Å². The minimum absolute atomic E-state index is 0.0209. The topological polar surface area (TPSA) is 55.4 Å². The third-order valence-electron chi connectivity index (χ3n) is 1.57. The Hall–Kier alpha value is 0.340. The molecule has 86 valence electrons. The van der Waals surface area contributed by atoms with Crippen LogP contribution in [-0.4, -0.2) is 35.7 Å². The summed E-state index contributed by atoms with van der Waals surface area (Å²) in [5, 5.41) is 4.18. The summed E-state index contributed by atoms with van der Waals surface area (Å²) < 4.78 is 27.3. The number of hydrogen-bond donors (Lipinski definition) is 1. The first-order valence-corrected chi connectivity index (χ1v) is 7.97. The Labute approximate surface area is 111 Å². The number of alkyl halides is 2. The van der Waals surface area contributed by atoms with E-state index < -0.39 is 9.84 Å². The molecule has 1 aliphatic heterocycles. The molecule has 0 aliphatic carbocycles. The van der Waals surface area contributed by atoms with Gasteiger partial charge in [0.25, 0.3) is 5.17 Å². The number of sulfone groups is 1. The summed E-state index contributed by atoms with van der Waals surface area (Å²) in [5.41, 5.74) is 0. The van der Waals surface area contributed by atoms with E-state index in [2.05, 4.69) is 37.2 Å². The summed E-state index contributed by atoms with van der Waals surface area (Å²) in [5.74, 6) is 0.0303. The van der Waals surface area contributed by atoms with Gasteiger partial charge in [-0.25, -0.2) is 8.42 Å². The molecule has 1 aliphatic rings. The molecule has 0 fully saturated rings. The maximum absolute atomic E-state index is 11.1. The molecule has 4 nitrogen and oxygen atoms in total. The fourth-order valence-electron chi connectivity index (χ4n) is 0.997. The normalized spacial score (nSPS) is 23.0. The van der Waals surface area contributed by atoms with Gasteiger partial charge in [-0.1, -0.05) is 31.9 Å². The van der Waals surface area contributed by atoms with Crippen LogP contribution in [0.3, 0.4) is 0 Å². The molecule has 0 saturated heterocycles. The third kappa shape index (κ3) is 5.28. The second-order valence-corrected chi connectivity index (χ2v) is 8.64. The number of rotatable bonds is 3. The van der Waals surface area contributed by atoms with Gasteiger partial charge in [-0.05, 0) is 18.3 Å². The molecule has 0 radical (unpaired) electrons. The van der Waals surface area contributed by atoms with Crippen molar-refractivity contribution < 1.29 is 13.2 Å². The van der Waals surface area contributed by atoms with Crippen LogP contribution >= 0.6 is 44.1 Å². The van der Waals surface area contributed by atoms with E-state index in [0.717, 1.165) is 0 Å². The number of halogens is 2. The minimum Gasteiger partial charge on any atom is -0.469 e.